The Morgan fingerprint density at radius 1 is 1.04 bits per heavy atom. The van der Waals surface area contributed by atoms with Crippen molar-refractivity contribution in [3.05, 3.63) is 47.0 Å². The Morgan fingerprint density at radius 2 is 1.75 bits per heavy atom. The Labute approximate surface area is 166 Å². The molecular weight excluding hydrogens is 352 g/mol. The second-order valence-electron chi connectivity index (χ2n) is 8.41. The Bertz CT molecular complexity index is 832. The van der Waals surface area contributed by atoms with Gasteiger partial charge in [-0.3, -0.25) is 14.4 Å². The summed E-state index contributed by atoms with van der Waals surface area (Å²) in [6.07, 6.45) is 8.09. The number of nitrogens with zero attached hydrogens (tertiary/aromatic N) is 2. The molecular formula is C23H28N2O3. The minimum atomic E-state index is -0.0218. The zero-order chi connectivity index (χ0) is 19.8. The van der Waals surface area contributed by atoms with E-state index in [-0.39, 0.29) is 29.6 Å². The molecule has 148 valence electrons. The predicted octanol–water partition coefficient (Wildman–Crippen LogP) is 3.23. The van der Waals surface area contributed by atoms with Crippen LogP contribution in [0.3, 0.4) is 0 Å². The number of benzene rings is 1. The maximum Gasteiger partial charge on any atom is 0.254 e. The fourth-order valence-corrected chi connectivity index (χ4v) is 4.52. The standard InChI is InChI=1S/C23H28N2O3/c1-15-7-8-19(13-20(15)16(2)26)23(28)25-12-11-24(14-21(25)17-9-10-17)22(27)18-5-3-4-6-18/h3-4,7-8,13,17-18,21H,5-6,9-12,14H2,1-2H3. The van der Waals surface area contributed by atoms with Crippen LogP contribution in [-0.4, -0.2) is 53.1 Å². The number of Topliss-reactive ketones (excluding diaryl/α,β-unsaturated/α-hetero) is 1. The third kappa shape index (κ3) is 3.62. The molecule has 2 aliphatic carbocycles. The molecule has 28 heavy (non-hydrogen) atoms. The first-order valence-corrected chi connectivity index (χ1v) is 10.3. The molecule has 3 aliphatic rings. The van der Waals surface area contributed by atoms with Crippen LogP contribution in [0, 0.1) is 18.8 Å². The monoisotopic (exact) mass is 380 g/mol. The van der Waals surface area contributed by atoms with Gasteiger partial charge in [-0.15, -0.1) is 0 Å². The van der Waals surface area contributed by atoms with Gasteiger partial charge in [-0.2, -0.15) is 0 Å². The molecule has 5 heteroatoms. The molecule has 0 N–H and O–H groups in total. The van der Waals surface area contributed by atoms with E-state index < -0.39 is 0 Å². The van der Waals surface area contributed by atoms with Gasteiger partial charge in [0.25, 0.3) is 5.91 Å². The van der Waals surface area contributed by atoms with Crippen LogP contribution in [0.2, 0.25) is 0 Å². The van der Waals surface area contributed by atoms with Gasteiger partial charge in [-0.05, 0) is 63.1 Å². The highest BCUT2D eigenvalue weighted by atomic mass is 16.2. The van der Waals surface area contributed by atoms with E-state index in [2.05, 4.69) is 12.2 Å². The van der Waals surface area contributed by atoms with Gasteiger partial charge in [-0.25, -0.2) is 0 Å². The Balaban J connectivity index is 1.51. The van der Waals surface area contributed by atoms with Gasteiger partial charge >= 0.3 is 0 Å². The van der Waals surface area contributed by atoms with Crippen LogP contribution in [0.5, 0.6) is 0 Å². The minimum absolute atomic E-state index is 0.0194. The average molecular weight is 380 g/mol. The molecule has 1 heterocycles. The molecule has 1 unspecified atom stereocenters. The minimum Gasteiger partial charge on any atom is -0.339 e. The van der Waals surface area contributed by atoms with Gasteiger partial charge in [0.1, 0.15) is 0 Å². The normalized spacial score (nSPS) is 22.6. The fraction of sp³-hybridized carbons (Fsp3) is 0.522. The van der Waals surface area contributed by atoms with Gasteiger partial charge in [0, 0.05) is 36.7 Å². The van der Waals surface area contributed by atoms with Crippen molar-refractivity contribution in [3.63, 3.8) is 0 Å². The summed E-state index contributed by atoms with van der Waals surface area (Å²) >= 11 is 0. The lowest BCUT2D eigenvalue weighted by Crippen LogP contribution is -2.58. The number of amides is 2. The first-order chi connectivity index (χ1) is 13.5. The lowest BCUT2D eigenvalue weighted by Gasteiger charge is -2.42. The molecule has 1 aromatic rings. The van der Waals surface area contributed by atoms with Gasteiger partial charge in [0.15, 0.2) is 5.78 Å². The van der Waals surface area contributed by atoms with Crippen LogP contribution in [0.25, 0.3) is 0 Å². The summed E-state index contributed by atoms with van der Waals surface area (Å²) in [7, 11) is 0. The topological polar surface area (TPSA) is 57.7 Å². The molecule has 0 spiro atoms. The second-order valence-corrected chi connectivity index (χ2v) is 8.41. The quantitative estimate of drug-likeness (QED) is 0.595. The van der Waals surface area contributed by atoms with E-state index in [9.17, 15) is 14.4 Å². The molecule has 1 saturated heterocycles. The van der Waals surface area contributed by atoms with Crippen molar-refractivity contribution in [2.24, 2.45) is 11.8 Å². The summed E-state index contributed by atoms with van der Waals surface area (Å²) in [6, 6.07) is 5.48. The second kappa shape index (κ2) is 7.53. The number of carbonyl (C=O) groups excluding carboxylic acids is 3. The van der Waals surface area contributed by atoms with E-state index in [4.69, 9.17) is 0 Å². The van der Waals surface area contributed by atoms with Crippen molar-refractivity contribution >= 4 is 17.6 Å². The maximum atomic E-state index is 13.3. The molecule has 2 amide bonds. The van der Waals surface area contributed by atoms with Crippen molar-refractivity contribution in [1.82, 2.24) is 9.80 Å². The summed E-state index contributed by atoms with van der Waals surface area (Å²) in [5, 5.41) is 0. The molecule has 2 fully saturated rings. The van der Waals surface area contributed by atoms with Gasteiger partial charge < -0.3 is 9.80 Å². The molecule has 1 aromatic carbocycles. The zero-order valence-electron chi connectivity index (χ0n) is 16.7. The van der Waals surface area contributed by atoms with E-state index in [1.165, 1.54) is 6.92 Å². The van der Waals surface area contributed by atoms with Crippen LogP contribution >= 0.6 is 0 Å². The number of rotatable bonds is 4. The van der Waals surface area contributed by atoms with Crippen LogP contribution in [0.1, 0.15) is 58.9 Å². The van der Waals surface area contributed by atoms with Gasteiger partial charge in [0.05, 0.1) is 6.04 Å². The van der Waals surface area contributed by atoms with E-state index >= 15 is 0 Å². The zero-order valence-corrected chi connectivity index (χ0v) is 16.7. The van der Waals surface area contributed by atoms with Crippen LogP contribution in [-0.2, 0) is 4.79 Å². The molecule has 0 radical (unpaired) electrons. The molecule has 1 atom stereocenters. The highest BCUT2D eigenvalue weighted by molar-refractivity contribution is 6.00. The summed E-state index contributed by atoms with van der Waals surface area (Å²) in [5.74, 6) is 0.758. The van der Waals surface area contributed by atoms with E-state index in [1.807, 2.05) is 28.9 Å². The van der Waals surface area contributed by atoms with Crippen LogP contribution in [0.15, 0.2) is 30.4 Å². The van der Waals surface area contributed by atoms with Crippen molar-refractivity contribution in [1.29, 1.82) is 0 Å². The summed E-state index contributed by atoms with van der Waals surface area (Å²) < 4.78 is 0. The van der Waals surface area contributed by atoms with Crippen LogP contribution in [0.4, 0.5) is 0 Å². The molecule has 0 bridgehead atoms. The molecule has 0 aromatic heterocycles. The average Bonchev–Trinajstić information content (AvgIpc) is 3.40. The lowest BCUT2D eigenvalue weighted by atomic mass is 9.99. The maximum absolute atomic E-state index is 13.3. The third-order valence-corrected chi connectivity index (χ3v) is 6.38. The SMILES string of the molecule is CC(=O)c1cc(C(=O)N2CCN(C(=O)C3CC=CC3)CC2C2CC2)ccc1C. The van der Waals surface area contributed by atoms with Crippen LogP contribution < -0.4 is 0 Å². The Hall–Kier alpha value is -2.43. The van der Waals surface area contributed by atoms with Crippen molar-refractivity contribution in [3.8, 4) is 0 Å². The number of aryl methyl sites for hydroxylation is 1. The summed E-state index contributed by atoms with van der Waals surface area (Å²) in [4.78, 5) is 41.9. The number of hydrogen-bond donors (Lipinski definition) is 0. The van der Waals surface area contributed by atoms with Gasteiger partial charge in [-0.1, -0.05) is 18.2 Å². The first kappa shape index (κ1) is 18.9. The highest BCUT2D eigenvalue weighted by Gasteiger charge is 2.42. The van der Waals surface area contributed by atoms with E-state index in [0.29, 0.717) is 36.7 Å². The Morgan fingerprint density at radius 3 is 2.39 bits per heavy atom. The Kier molecular flexibility index (Phi) is 5.09. The molecule has 1 aliphatic heterocycles. The fourth-order valence-electron chi connectivity index (χ4n) is 4.52. The smallest absolute Gasteiger partial charge is 0.254 e. The largest absolute Gasteiger partial charge is 0.339 e. The summed E-state index contributed by atoms with van der Waals surface area (Å²) in [5.41, 5.74) is 2.07. The predicted molar refractivity (Wildman–Crippen MR) is 107 cm³/mol. The molecule has 5 nitrogen and oxygen atoms in total. The highest BCUT2D eigenvalue weighted by Crippen LogP contribution is 2.38. The first-order valence-electron chi connectivity index (χ1n) is 10.3. The third-order valence-electron chi connectivity index (χ3n) is 6.38. The van der Waals surface area contributed by atoms with E-state index in [1.54, 1.807) is 6.07 Å². The van der Waals surface area contributed by atoms with Crippen molar-refractivity contribution in [2.45, 2.75) is 45.6 Å². The van der Waals surface area contributed by atoms with E-state index in [0.717, 1.165) is 31.2 Å². The van der Waals surface area contributed by atoms with Crippen molar-refractivity contribution in [2.75, 3.05) is 19.6 Å². The van der Waals surface area contributed by atoms with Crippen molar-refractivity contribution < 1.29 is 14.4 Å². The summed E-state index contributed by atoms with van der Waals surface area (Å²) in [6.45, 7) is 5.22. The number of ketones is 1. The number of carbonyl (C=O) groups is 3. The molecule has 4 rings (SSSR count). The number of hydrogen-bond acceptors (Lipinski definition) is 3. The lowest BCUT2D eigenvalue weighted by molar-refractivity contribution is -0.138. The molecule has 1 saturated carbocycles. The number of piperazine rings is 1. The number of allylic oxidation sites excluding steroid dienone is 2. The van der Waals surface area contributed by atoms with Gasteiger partial charge in [0.2, 0.25) is 5.91 Å².